The molecule has 4 nitrogen and oxygen atoms in total. The van der Waals surface area contributed by atoms with Crippen LogP contribution in [0.3, 0.4) is 0 Å². The molecule has 0 spiro atoms. The minimum absolute atomic E-state index is 0.0157. The molecule has 88 valence electrons. The summed E-state index contributed by atoms with van der Waals surface area (Å²) < 4.78 is 25.4. The maximum Gasteiger partial charge on any atom is 0.218 e. The predicted molar refractivity (Wildman–Crippen MR) is 65.1 cm³/mol. The van der Waals surface area contributed by atoms with Gasteiger partial charge in [-0.05, 0) is 18.3 Å². The first-order valence-corrected chi connectivity index (χ1v) is 7.22. The van der Waals surface area contributed by atoms with Crippen LogP contribution in [0.25, 0.3) is 0 Å². The van der Waals surface area contributed by atoms with E-state index in [1.54, 1.807) is 0 Å². The second-order valence-corrected chi connectivity index (χ2v) is 6.57. The molecule has 1 rings (SSSR count). The van der Waals surface area contributed by atoms with E-state index >= 15 is 0 Å². The number of nitrogens with two attached hydrogens (primary N) is 1. The summed E-state index contributed by atoms with van der Waals surface area (Å²) >= 11 is 4.57. The van der Waals surface area contributed by atoms with E-state index in [4.69, 9.17) is 5.73 Å². The van der Waals surface area contributed by atoms with Crippen LogP contribution >= 0.6 is 12.2 Å². The lowest BCUT2D eigenvalue weighted by molar-refractivity contribution is 0.415. The molecule has 1 aliphatic rings. The maximum atomic E-state index is 11.4. The average molecular weight is 250 g/mol. The Labute approximate surface area is 96.7 Å². The Morgan fingerprint density at radius 1 is 1.53 bits per heavy atom. The molecule has 15 heavy (non-hydrogen) atoms. The maximum absolute atomic E-state index is 11.4. The molecule has 0 radical (unpaired) electrons. The molecule has 1 aliphatic carbocycles. The predicted octanol–water partition coefficient (Wildman–Crippen LogP) is 0.628. The van der Waals surface area contributed by atoms with Gasteiger partial charge in [0.05, 0.1) is 4.99 Å². The highest BCUT2D eigenvalue weighted by Crippen LogP contribution is 2.30. The van der Waals surface area contributed by atoms with Gasteiger partial charge in [-0.1, -0.05) is 32.0 Å². The first-order valence-electron chi connectivity index (χ1n) is 5.16. The number of thiocarbonyl (C=S) groups is 1. The molecule has 0 saturated heterocycles. The SMILES string of the molecule is CC1CCCC1CNS(=O)(=O)CC(N)=S. The summed E-state index contributed by atoms with van der Waals surface area (Å²) in [6.07, 6.45) is 3.50. The van der Waals surface area contributed by atoms with Crippen molar-refractivity contribution in [1.82, 2.24) is 4.72 Å². The van der Waals surface area contributed by atoms with Gasteiger partial charge >= 0.3 is 0 Å². The Kier molecular flexibility index (Phi) is 4.48. The fourth-order valence-electron chi connectivity index (χ4n) is 2.00. The van der Waals surface area contributed by atoms with E-state index in [9.17, 15) is 8.42 Å². The third-order valence-electron chi connectivity index (χ3n) is 2.94. The lowest BCUT2D eigenvalue weighted by Gasteiger charge is -2.15. The molecule has 2 unspecified atom stereocenters. The topological polar surface area (TPSA) is 72.2 Å². The first kappa shape index (κ1) is 12.9. The Hall–Kier alpha value is -0.200. The van der Waals surface area contributed by atoms with E-state index in [1.165, 1.54) is 12.8 Å². The van der Waals surface area contributed by atoms with E-state index in [0.717, 1.165) is 6.42 Å². The molecule has 1 fully saturated rings. The summed E-state index contributed by atoms with van der Waals surface area (Å²) in [5.74, 6) is 0.826. The second-order valence-electron chi connectivity index (χ2n) is 4.24. The van der Waals surface area contributed by atoms with Crippen LogP contribution in [0.4, 0.5) is 0 Å². The quantitative estimate of drug-likeness (QED) is 0.702. The van der Waals surface area contributed by atoms with Crippen LogP contribution in [0.2, 0.25) is 0 Å². The molecular weight excluding hydrogens is 232 g/mol. The summed E-state index contributed by atoms with van der Waals surface area (Å²) in [6, 6.07) is 0. The Morgan fingerprint density at radius 2 is 2.20 bits per heavy atom. The lowest BCUT2D eigenvalue weighted by Crippen LogP contribution is -2.35. The van der Waals surface area contributed by atoms with E-state index in [1.807, 2.05) is 0 Å². The molecule has 0 aromatic heterocycles. The third kappa shape index (κ3) is 4.44. The van der Waals surface area contributed by atoms with Crippen LogP contribution in [-0.4, -0.2) is 25.7 Å². The average Bonchev–Trinajstić information content (AvgIpc) is 2.45. The van der Waals surface area contributed by atoms with Gasteiger partial charge in [-0.15, -0.1) is 0 Å². The number of rotatable bonds is 5. The van der Waals surface area contributed by atoms with Gasteiger partial charge in [0.15, 0.2) is 0 Å². The summed E-state index contributed by atoms with van der Waals surface area (Å²) in [5.41, 5.74) is 5.20. The number of hydrogen-bond donors (Lipinski definition) is 2. The van der Waals surface area contributed by atoms with E-state index < -0.39 is 10.0 Å². The van der Waals surface area contributed by atoms with Gasteiger partial charge in [0.2, 0.25) is 10.0 Å². The van der Waals surface area contributed by atoms with Crippen LogP contribution in [0.5, 0.6) is 0 Å². The van der Waals surface area contributed by atoms with E-state index in [0.29, 0.717) is 18.4 Å². The first-order chi connectivity index (χ1) is 6.91. The van der Waals surface area contributed by atoms with Gasteiger partial charge in [-0.25, -0.2) is 13.1 Å². The highest BCUT2D eigenvalue weighted by molar-refractivity contribution is 7.92. The Morgan fingerprint density at radius 3 is 2.67 bits per heavy atom. The summed E-state index contributed by atoms with van der Waals surface area (Å²) in [4.78, 5) is 0.0157. The van der Waals surface area contributed by atoms with Gasteiger partial charge in [0.25, 0.3) is 0 Å². The zero-order valence-electron chi connectivity index (χ0n) is 8.90. The normalized spacial score (nSPS) is 26.7. The van der Waals surface area contributed by atoms with Crippen LogP contribution in [0.15, 0.2) is 0 Å². The monoisotopic (exact) mass is 250 g/mol. The fraction of sp³-hybridized carbons (Fsp3) is 0.889. The Bertz CT molecular complexity index is 327. The molecule has 1 saturated carbocycles. The second kappa shape index (κ2) is 5.23. The van der Waals surface area contributed by atoms with E-state index in [-0.39, 0.29) is 10.7 Å². The third-order valence-corrected chi connectivity index (χ3v) is 4.56. The molecule has 6 heteroatoms. The largest absolute Gasteiger partial charge is 0.392 e. The number of sulfonamides is 1. The molecule has 0 bridgehead atoms. The summed E-state index contributed by atoms with van der Waals surface area (Å²) in [6.45, 7) is 2.69. The summed E-state index contributed by atoms with van der Waals surface area (Å²) in [5, 5.41) is 0. The van der Waals surface area contributed by atoms with Gasteiger partial charge in [0.1, 0.15) is 5.75 Å². The van der Waals surface area contributed by atoms with Crippen LogP contribution < -0.4 is 10.5 Å². The highest BCUT2D eigenvalue weighted by Gasteiger charge is 2.24. The molecule has 2 atom stereocenters. The van der Waals surface area contributed by atoms with Crippen LogP contribution in [-0.2, 0) is 10.0 Å². The van der Waals surface area contributed by atoms with Gasteiger partial charge in [-0.3, -0.25) is 0 Å². The van der Waals surface area contributed by atoms with Crippen molar-refractivity contribution >= 4 is 27.2 Å². The standard InChI is InChI=1S/C9H18N2O2S2/c1-7-3-2-4-8(7)5-11-15(12,13)6-9(10)14/h7-8,11H,2-6H2,1H3,(H2,10,14). The molecule has 0 heterocycles. The summed E-state index contributed by atoms with van der Waals surface area (Å²) in [7, 11) is -3.31. The van der Waals surface area contributed by atoms with E-state index in [2.05, 4.69) is 23.9 Å². The Balaban J connectivity index is 2.39. The van der Waals surface area contributed by atoms with Crippen molar-refractivity contribution in [3.05, 3.63) is 0 Å². The van der Waals surface area contributed by atoms with Crippen molar-refractivity contribution in [2.75, 3.05) is 12.3 Å². The van der Waals surface area contributed by atoms with Crippen molar-refractivity contribution in [1.29, 1.82) is 0 Å². The molecule has 0 aromatic carbocycles. The molecule has 0 aromatic rings. The minimum atomic E-state index is -3.31. The molecule has 0 amide bonds. The van der Waals surface area contributed by atoms with Crippen LogP contribution in [0.1, 0.15) is 26.2 Å². The molecule has 3 N–H and O–H groups in total. The van der Waals surface area contributed by atoms with Gasteiger partial charge in [0, 0.05) is 6.54 Å². The van der Waals surface area contributed by atoms with Gasteiger partial charge < -0.3 is 5.73 Å². The number of hydrogen-bond acceptors (Lipinski definition) is 3. The van der Waals surface area contributed by atoms with Crippen molar-refractivity contribution in [3.8, 4) is 0 Å². The van der Waals surface area contributed by atoms with Crippen molar-refractivity contribution in [2.45, 2.75) is 26.2 Å². The molecular formula is C9H18N2O2S2. The van der Waals surface area contributed by atoms with Crippen molar-refractivity contribution < 1.29 is 8.42 Å². The highest BCUT2D eigenvalue weighted by atomic mass is 32.2. The smallest absolute Gasteiger partial charge is 0.218 e. The van der Waals surface area contributed by atoms with Crippen molar-refractivity contribution in [3.63, 3.8) is 0 Å². The van der Waals surface area contributed by atoms with Crippen LogP contribution in [0, 0.1) is 11.8 Å². The number of nitrogens with one attached hydrogen (secondary N) is 1. The molecule has 0 aliphatic heterocycles. The lowest BCUT2D eigenvalue weighted by atomic mass is 9.99. The minimum Gasteiger partial charge on any atom is -0.392 e. The fourth-order valence-corrected chi connectivity index (χ4v) is 3.41. The zero-order chi connectivity index (χ0) is 11.5. The van der Waals surface area contributed by atoms with Gasteiger partial charge in [-0.2, -0.15) is 0 Å². The van der Waals surface area contributed by atoms with Crippen molar-refractivity contribution in [2.24, 2.45) is 17.6 Å². The zero-order valence-corrected chi connectivity index (χ0v) is 10.5.